The summed E-state index contributed by atoms with van der Waals surface area (Å²) in [5.41, 5.74) is 24.5. The Kier molecular flexibility index (Phi) is 9.71. The summed E-state index contributed by atoms with van der Waals surface area (Å²) >= 11 is 0. The topological polar surface area (TPSA) is 3.24 Å². The van der Waals surface area contributed by atoms with E-state index in [2.05, 4.69) is 280 Å². The quantitative estimate of drug-likeness (QED) is 0.147. The van der Waals surface area contributed by atoms with Gasteiger partial charge in [-0.25, -0.2) is 0 Å². The number of fused-ring (bicyclic) bond motifs is 7. The van der Waals surface area contributed by atoms with E-state index in [4.69, 9.17) is 0 Å². The van der Waals surface area contributed by atoms with Crippen LogP contribution in [0.5, 0.6) is 0 Å². The average molecular weight is 894 g/mol. The maximum Gasteiger partial charge on any atom is 0.0540 e. The van der Waals surface area contributed by atoms with Crippen LogP contribution in [0.25, 0.3) is 77.5 Å². The zero-order valence-electron chi connectivity index (χ0n) is 39.7. The van der Waals surface area contributed by atoms with Crippen LogP contribution >= 0.6 is 0 Å². The lowest BCUT2D eigenvalue weighted by atomic mass is 9.74. The van der Waals surface area contributed by atoms with Gasteiger partial charge < -0.3 is 4.90 Å². The van der Waals surface area contributed by atoms with Crippen molar-refractivity contribution in [2.45, 2.75) is 31.6 Å². The summed E-state index contributed by atoms with van der Waals surface area (Å²) < 4.78 is 0. The molecule has 0 N–H and O–H groups in total. The van der Waals surface area contributed by atoms with E-state index in [1.54, 1.807) is 0 Å². The molecule has 1 unspecified atom stereocenters. The van der Waals surface area contributed by atoms with Crippen molar-refractivity contribution in [3.63, 3.8) is 0 Å². The Morgan fingerprint density at radius 1 is 0.300 bits per heavy atom. The Labute approximate surface area is 411 Å². The van der Waals surface area contributed by atoms with Crippen LogP contribution in [0.1, 0.15) is 48.6 Å². The third kappa shape index (κ3) is 6.39. The van der Waals surface area contributed by atoms with Gasteiger partial charge in [-0.05, 0) is 131 Å². The Balaban J connectivity index is 1.01. The smallest absolute Gasteiger partial charge is 0.0540 e. The zero-order chi connectivity index (χ0) is 47.0. The molecule has 0 spiro atoms. The number of para-hydroxylation sites is 2. The Hall–Kier alpha value is -8.52. The second-order valence-corrected chi connectivity index (χ2v) is 19.7. The molecule has 0 bridgehead atoms. The van der Waals surface area contributed by atoms with Crippen molar-refractivity contribution in [2.24, 2.45) is 0 Å². The highest BCUT2D eigenvalue weighted by molar-refractivity contribution is 6.09. The van der Waals surface area contributed by atoms with Crippen LogP contribution in [-0.2, 0) is 10.8 Å². The predicted molar refractivity (Wildman–Crippen MR) is 295 cm³/mol. The molecule has 11 aromatic rings. The highest BCUT2D eigenvalue weighted by Crippen LogP contribution is 2.56. The third-order valence-electron chi connectivity index (χ3n) is 15.6. The second kappa shape index (κ2) is 16.3. The number of benzene rings is 11. The van der Waals surface area contributed by atoms with Crippen LogP contribution in [0.3, 0.4) is 0 Å². The second-order valence-electron chi connectivity index (χ2n) is 19.7. The molecule has 0 amide bonds. The van der Waals surface area contributed by atoms with Crippen LogP contribution in [0, 0.1) is 0 Å². The van der Waals surface area contributed by atoms with E-state index in [1.165, 1.54) is 105 Å². The van der Waals surface area contributed by atoms with Crippen LogP contribution in [0.2, 0.25) is 0 Å². The number of hydrogen-bond donors (Lipinski definition) is 0. The molecule has 0 saturated carbocycles. The zero-order valence-corrected chi connectivity index (χ0v) is 39.7. The van der Waals surface area contributed by atoms with Gasteiger partial charge in [0.2, 0.25) is 0 Å². The minimum absolute atomic E-state index is 0.190. The fraction of sp³-hybridized carbons (Fsp3) is 0.0725. The molecule has 0 aliphatic heterocycles. The molecule has 0 aromatic heterocycles. The predicted octanol–water partition coefficient (Wildman–Crippen LogP) is 18.6. The van der Waals surface area contributed by atoms with Gasteiger partial charge in [-0.2, -0.15) is 0 Å². The molecule has 0 fully saturated rings. The molecule has 0 radical (unpaired) electrons. The molecule has 0 saturated heterocycles. The standard InChI is InChI=1S/C69H51N/c1-68(2)61-35-14-10-28-54(61)59-33-20-34-60(67(59)68)57-30-13-17-38-65(57)70(64-37-16-12-29-56(64)58-32-19-24-48-23-18-31-52(66(48)58)47-21-6-4-7-22-47)51-42-39-46(40-43-51)49-41-44-55-53-27-11-15-36-62(53)69(3,63(55)45-49)50-25-8-5-9-26-50/h4-45H,1-3H3. The van der Waals surface area contributed by atoms with Crippen LogP contribution in [0.4, 0.5) is 17.1 Å². The van der Waals surface area contributed by atoms with E-state index in [9.17, 15) is 0 Å². The van der Waals surface area contributed by atoms with Crippen LogP contribution in [0.15, 0.2) is 255 Å². The molecule has 2 aliphatic rings. The van der Waals surface area contributed by atoms with Gasteiger partial charge in [-0.3, -0.25) is 0 Å². The van der Waals surface area contributed by atoms with E-state index < -0.39 is 0 Å². The molecule has 2 aliphatic carbocycles. The normalized spacial score (nSPS) is 15.0. The van der Waals surface area contributed by atoms with Gasteiger partial charge in [-0.15, -0.1) is 0 Å². The molecule has 70 heavy (non-hydrogen) atoms. The lowest BCUT2D eigenvalue weighted by molar-refractivity contribution is 0.662. The van der Waals surface area contributed by atoms with Crippen molar-refractivity contribution in [3.8, 4) is 66.8 Å². The fourth-order valence-corrected chi connectivity index (χ4v) is 12.3. The van der Waals surface area contributed by atoms with Gasteiger partial charge >= 0.3 is 0 Å². The van der Waals surface area contributed by atoms with Crippen molar-refractivity contribution < 1.29 is 0 Å². The first kappa shape index (κ1) is 41.7. The Bertz CT molecular complexity index is 3800. The summed E-state index contributed by atoms with van der Waals surface area (Å²) in [6.45, 7) is 7.17. The van der Waals surface area contributed by atoms with Gasteiger partial charge in [0.05, 0.1) is 11.4 Å². The molecule has 0 heterocycles. The molecule has 1 nitrogen and oxygen atoms in total. The third-order valence-corrected chi connectivity index (χ3v) is 15.6. The number of nitrogens with zero attached hydrogens (tertiary/aromatic N) is 1. The first-order chi connectivity index (χ1) is 34.4. The lowest BCUT2D eigenvalue weighted by Crippen LogP contribution is -2.22. The maximum absolute atomic E-state index is 2.51. The van der Waals surface area contributed by atoms with Crippen molar-refractivity contribution in [1.82, 2.24) is 0 Å². The van der Waals surface area contributed by atoms with Gasteiger partial charge in [0.1, 0.15) is 0 Å². The first-order valence-corrected chi connectivity index (χ1v) is 24.6. The van der Waals surface area contributed by atoms with Crippen LogP contribution in [-0.4, -0.2) is 0 Å². The largest absolute Gasteiger partial charge is 0.309 e. The minimum atomic E-state index is -0.275. The van der Waals surface area contributed by atoms with Crippen molar-refractivity contribution in [2.75, 3.05) is 4.90 Å². The molecular weight excluding hydrogens is 843 g/mol. The summed E-state index contributed by atoms with van der Waals surface area (Å²) in [5.74, 6) is 0. The molecule has 13 rings (SSSR count). The first-order valence-electron chi connectivity index (χ1n) is 24.6. The van der Waals surface area contributed by atoms with Crippen molar-refractivity contribution in [3.05, 3.63) is 283 Å². The van der Waals surface area contributed by atoms with Gasteiger partial charge in [0.25, 0.3) is 0 Å². The van der Waals surface area contributed by atoms with Crippen LogP contribution < -0.4 is 4.90 Å². The van der Waals surface area contributed by atoms with E-state index in [0.29, 0.717) is 0 Å². The van der Waals surface area contributed by atoms with E-state index in [-0.39, 0.29) is 10.8 Å². The van der Waals surface area contributed by atoms with Crippen molar-refractivity contribution in [1.29, 1.82) is 0 Å². The molecule has 11 aromatic carbocycles. The Morgan fingerprint density at radius 2 is 0.771 bits per heavy atom. The molecular formula is C69H51N. The fourth-order valence-electron chi connectivity index (χ4n) is 12.3. The average Bonchev–Trinajstić information content (AvgIpc) is 3.83. The van der Waals surface area contributed by atoms with Gasteiger partial charge in [0, 0.05) is 27.6 Å². The number of anilines is 3. The molecule has 1 heteroatoms. The van der Waals surface area contributed by atoms with E-state index >= 15 is 0 Å². The van der Waals surface area contributed by atoms with Crippen molar-refractivity contribution >= 4 is 27.8 Å². The highest BCUT2D eigenvalue weighted by atomic mass is 15.1. The van der Waals surface area contributed by atoms with E-state index in [1.807, 2.05) is 0 Å². The summed E-state index contributed by atoms with van der Waals surface area (Å²) in [4.78, 5) is 2.51. The molecule has 332 valence electrons. The van der Waals surface area contributed by atoms with Gasteiger partial charge in [-0.1, -0.05) is 238 Å². The number of rotatable bonds is 8. The SMILES string of the molecule is CC1(C)c2ccccc2-c2cccc(-c3ccccc3N(c3ccc(-c4ccc5c(c4)C(C)(c4ccccc4)c4ccccc4-5)cc3)c3ccccc3-c3cccc4cccc(-c5ccccc5)c34)c21. The minimum Gasteiger partial charge on any atom is -0.309 e. The lowest BCUT2D eigenvalue weighted by Gasteiger charge is -2.32. The number of hydrogen-bond acceptors (Lipinski definition) is 1. The summed E-state index contributed by atoms with van der Waals surface area (Å²) in [6.07, 6.45) is 0. The molecule has 1 atom stereocenters. The Morgan fingerprint density at radius 3 is 1.46 bits per heavy atom. The summed E-state index contributed by atoms with van der Waals surface area (Å²) in [5, 5.41) is 2.46. The van der Waals surface area contributed by atoms with E-state index in [0.717, 1.165) is 17.1 Å². The summed E-state index contributed by atoms with van der Waals surface area (Å²) in [6, 6.07) is 94.5. The maximum atomic E-state index is 2.51. The highest BCUT2D eigenvalue weighted by Gasteiger charge is 2.41. The monoisotopic (exact) mass is 893 g/mol. The van der Waals surface area contributed by atoms with Gasteiger partial charge in [0.15, 0.2) is 0 Å². The summed E-state index contributed by atoms with van der Waals surface area (Å²) in [7, 11) is 0.